The van der Waals surface area contributed by atoms with Gasteiger partial charge in [0, 0.05) is 11.9 Å². The van der Waals surface area contributed by atoms with Crippen molar-refractivity contribution in [1.29, 1.82) is 0 Å². The minimum absolute atomic E-state index is 0.260. The second-order valence-corrected chi connectivity index (χ2v) is 5.51. The number of carbonyl (C=O) groups is 2. The van der Waals surface area contributed by atoms with E-state index in [1.165, 1.54) is 6.20 Å². The lowest BCUT2D eigenvalue weighted by Gasteiger charge is -2.19. The van der Waals surface area contributed by atoms with Crippen molar-refractivity contribution >= 4 is 17.5 Å². The summed E-state index contributed by atoms with van der Waals surface area (Å²) in [6, 6.07) is 22.6. The van der Waals surface area contributed by atoms with Crippen LogP contribution in [0.1, 0.15) is 22.1 Å². The Labute approximate surface area is 151 Å². The highest BCUT2D eigenvalue weighted by molar-refractivity contribution is 5.96. The molecule has 0 bridgehead atoms. The lowest BCUT2D eigenvalue weighted by atomic mass is 10.1. The lowest BCUT2D eigenvalue weighted by Crippen LogP contribution is -2.44. The van der Waals surface area contributed by atoms with E-state index < -0.39 is 11.9 Å². The van der Waals surface area contributed by atoms with E-state index in [2.05, 4.69) is 21.2 Å². The molecule has 1 aromatic heterocycles. The molecule has 3 N–H and O–H groups in total. The maximum atomic E-state index is 12.7. The van der Waals surface area contributed by atoms with Crippen LogP contribution in [-0.4, -0.2) is 16.8 Å². The summed E-state index contributed by atoms with van der Waals surface area (Å²) >= 11 is 0. The monoisotopic (exact) mass is 346 g/mol. The van der Waals surface area contributed by atoms with Gasteiger partial charge in [0.25, 0.3) is 5.91 Å². The second kappa shape index (κ2) is 8.55. The standard InChI is InChI=1S/C20H18N4O2/c25-19(17-13-7-8-14-21-17)24-23-18(15-9-3-1-4-10-15)20(26)22-16-11-5-2-6-12-16/h1-14,18,23H,(H,22,26)(H,24,25)/t18-/m0/s1. The topological polar surface area (TPSA) is 83.1 Å². The number of para-hydroxylation sites is 1. The third-order valence-corrected chi connectivity index (χ3v) is 3.66. The van der Waals surface area contributed by atoms with Crippen molar-refractivity contribution in [2.24, 2.45) is 0 Å². The summed E-state index contributed by atoms with van der Waals surface area (Å²) < 4.78 is 0. The summed E-state index contributed by atoms with van der Waals surface area (Å²) in [7, 11) is 0. The van der Waals surface area contributed by atoms with Crippen molar-refractivity contribution in [3.63, 3.8) is 0 Å². The summed E-state index contributed by atoms with van der Waals surface area (Å²) in [5.74, 6) is -0.706. The van der Waals surface area contributed by atoms with E-state index in [1.807, 2.05) is 48.5 Å². The Morgan fingerprint density at radius 1 is 0.808 bits per heavy atom. The Bertz CT molecular complexity index is 855. The molecule has 0 unspecified atom stereocenters. The number of pyridine rings is 1. The van der Waals surface area contributed by atoms with Gasteiger partial charge in [-0.05, 0) is 29.8 Å². The van der Waals surface area contributed by atoms with Crippen LogP contribution in [0, 0.1) is 0 Å². The van der Waals surface area contributed by atoms with Gasteiger partial charge in [0.2, 0.25) is 5.91 Å². The van der Waals surface area contributed by atoms with Gasteiger partial charge >= 0.3 is 0 Å². The van der Waals surface area contributed by atoms with Gasteiger partial charge < -0.3 is 5.32 Å². The van der Waals surface area contributed by atoms with E-state index >= 15 is 0 Å². The van der Waals surface area contributed by atoms with Gasteiger partial charge in [0.15, 0.2) is 0 Å². The van der Waals surface area contributed by atoms with Gasteiger partial charge in [0.05, 0.1) is 0 Å². The molecule has 0 aliphatic heterocycles. The van der Waals surface area contributed by atoms with Crippen molar-refractivity contribution < 1.29 is 9.59 Å². The summed E-state index contributed by atoms with van der Waals surface area (Å²) in [6.45, 7) is 0. The lowest BCUT2D eigenvalue weighted by molar-refractivity contribution is -0.118. The van der Waals surface area contributed by atoms with Crippen LogP contribution in [0.5, 0.6) is 0 Å². The van der Waals surface area contributed by atoms with E-state index in [-0.39, 0.29) is 11.6 Å². The predicted octanol–water partition coefficient (Wildman–Crippen LogP) is 2.70. The minimum atomic E-state index is -0.760. The Kier molecular flexibility index (Phi) is 5.69. The van der Waals surface area contributed by atoms with Crippen LogP contribution >= 0.6 is 0 Å². The molecule has 0 aliphatic carbocycles. The molecular formula is C20H18N4O2. The van der Waals surface area contributed by atoms with Crippen LogP contribution in [0.25, 0.3) is 0 Å². The molecular weight excluding hydrogens is 328 g/mol. The van der Waals surface area contributed by atoms with E-state index in [1.54, 1.807) is 30.3 Å². The molecule has 1 heterocycles. The van der Waals surface area contributed by atoms with Crippen LogP contribution in [0.4, 0.5) is 5.69 Å². The first-order chi connectivity index (χ1) is 12.7. The number of aromatic nitrogens is 1. The third kappa shape index (κ3) is 4.52. The fraction of sp³-hybridized carbons (Fsp3) is 0.0500. The zero-order chi connectivity index (χ0) is 18.2. The first-order valence-electron chi connectivity index (χ1n) is 8.12. The number of anilines is 1. The van der Waals surface area contributed by atoms with Gasteiger partial charge in [-0.2, -0.15) is 0 Å². The first-order valence-corrected chi connectivity index (χ1v) is 8.12. The molecule has 3 aromatic rings. The Morgan fingerprint density at radius 2 is 1.46 bits per heavy atom. The summed E-state index contributed by atoms with van der Waals surface area (Å²) in [5, 5.41) is 2.84. The van der Waals surface area contributed by atoms with Crippen molar-refractivity contribution in [2.75, 3.05) is 5.32 Å². The van der Waals surface area contributed by atoms with Crippen LogP contribution < -0.4 is 16.2 Å². The number of carbonyl (C=O) groups excluding carboxylic acids is 2. The van der Waals surface area contributed by atoms with Gasteiger partial charge in [-0.25, -0.2) is 5.43 Å². The molecule has 0 radical (unpaired) electrons. The van der Waals surface area contributed by atoms with Gasteiger partial charge in [0.1, 0.15) is 11.7 Å². The fourth-order valence-corrected chi connectivity index (χ4v) is 2.38. The van der Waals surface area contributed by atoms with E-state index in [0.29, 0.717) is 5.69 Å². The quantitative estimate of drug-likeness (QED) is 0.599. The van der Waals surface area contributed by atoms with Crippen molar-refractivity contribution in [3.05, 3.63) is 96.3 Å². The van der Waals surface area contributed by atoms with Crippen molar-refractivity contribution in [3.8, 4) is 0 Å². The smallest absolute Gasteiger partial charge is 0.283 e. The molecule has 6 nitrogen and oxygen atoms in total. The van der Waals surface area contributed by atoms with Gasteiger partial charge in [-0.1, -0.05) is 54.6 Å². The Morgan fingerprint density at radius 3 is 2.12 bits per heavy atom. The van der Waals surface area contributed by atoms with Crippen LogP contribution in [0.2, 0.25) is 0 Å². The number of nitrogens with one attached hydrogen (secondary N) is 3. The molecule has 2 aromatic carbocycles. The normalized spacial score (nSPS) is 11.4. The Balaban J connectivity index is 1.73. The molecule has 0 saturated heterocycles. The molecule has 6 heteroatoms. The molecule has 2 amide bonds. The number of amides is 2. The highest BCUT2D eigenvalue weighted by Crippen LogP contribution is 2.15. The molecule has 0 spiro atoms. The Hall–Kier alpha value is -3.51. The number of hydrogen-bond donors (Lipinski definition) is 3. The maximum absolute atomic E-state index is 12.7. The zero-order valence-electron chi connectivity index (χ0n) is 13.9. The number of rotatable bonds is 6. The summed E-state index contributed by atoms with van der Waals surface area (Å²) in [4.78, 5) is 28.9. The predicted molar refractivity (Wildman–Crippen MR) is 99.1 cm³/mol. The highest BCUT2D eigenvalue weighted by Gasteiger charge is 2.21. The summed E-state index contributed by atoms with van der Waals surface area (Å²) in [5.41, 5.74) is 7.02. The largest absolute Gasteiger partial charge is 0.324 e. The van der Waals surface area contributed by atoms with E-state index in [4.69, 9.17) is 0 Å². The summed E-state index contributed by atoms with van der Waals surface area (Å²) in [6.07, 6.45) is 1.53. The number of nitrogens with zero attached hydrogens (tertiary/aromatic N) is 1. The molecule has 0 aliphatic rings. The maximum Gasteiger partial charge on any atom is 0.283 e. The molecule has 0 saturated carbocycles. The molecule has 0 fully saturated rings. The van der Waals surface area contributed by atoms with Gasteiger partial charge in [-0.15, -0.1) is 0 Å². The number of benzene rings is 2. The number of hydrazine groups is 1. The minimum Gasteiger partial charge on any atom is -0.324 e. The molecule has 1 atom stereocenters. The van der Waals surface area contributed by atoms with Crippen LogP contribution in [0.3, 0.4) is 0 Å². The zero-order valence-corrected chi connectivity index (χ0v) is 13.9. The third-order valence-electron chi connectivity index (χ3n) is 3.66. The second-order valence-electron chi connectivity index (χ2n) is 5.51. The van der Waals surface area contributed by atoms with Crippen molar-refractivity contribution in [2.45, 2.75) is 6.04 Å². The highest BCUT2D eigenvalue weighted by atomic mass is 16.2. The molecule has 130 valence electrons. The number of hydrogen-bond acceptors (Lipinski definition) is 4. The van der Waals surface area contributed by atoms with Gasteiger partial charge in [-0.3, -0.25) is 20.0 Å². The average Bonchev–Trinajstić information content (AvgIpc) is 2.70. The fourth-order valence-electron chi connectivity index (χ4n) is 2.38. The van der Waals surface area contributed by atoms with Crippen LogP contribution in [-0.2, 0) is 4.79 Å². The molecule has 26 heavy (non-hydrogen) atoms. The van der Waals surface area contributed by atoms with Crippen LogP contribution in [0.15, 0.2) is 85.1 Å². The van der Waals surface area contributed by atoms with Crippen molar-refractivity contribution in [1.82, 2.24) is 15.8 Å². The first kappa shape index (κ1) is 17.3. The SMILES string of the molecule is O=C(NN[C@H](C(=O)Nc1ccccc1)c1ccccc1)c1ccccn1. The molecule has 3 rings (SSSR count). The average molecular weight is 346 g/mol. The van der Waals surface area contributed by atoms with E-state index in [9.17, 15) is 9.59 Å². The van der Waals surface area contributed by atoms with E-state index in [0.717, 1.165) is 5.56 Å².